The Morgan fingerprint density at radius 3 is 2.45 bits per heavy atom. The molecule has 0 N–H and O–H groups in total. The number of aromatic nitrogens is 1. The van der Waals surface area contributed by atoms with Gasteiger partial charge in [-0.15, -0.1) is 0 Å². The second-order valence-corrected chi connectivity index (χ2v) is 5.25. The summed E-state index contributed by atoms with van der Waals surface area (Å²) in [6, 6.07) is 22.5. The van der Waals surface area contributed by atoms with E-state index in [-0.39, 0.29) is 0 Å². The lowest BCUT2D eigenvalue weighted by atomic mass is 10.1. The number of amidine groups is 1. The van der Waals surface area contributed by atoms with Crippen LogP contribution in [0.3, 0.4) is 0 Å². The molecule has 0 radical (unpaired) electrons. The average Bonchev–Trinajstić information content (AvgIpc) is 2.72. The fraction of sp³-hybridized carbons (Fsp3) is 0.0526. The number of hydrogen-bond donors (Lipinski definition) is 0. The predicted molar refractivity (Wildman–Crippen MR) is 90.7 cm³/mol. The Balaban J connectivity index is 2.02. The number of pyridine rings is 1. The summed E-state index contributed by atoms with van der Waals surface area (Å²) >= 11 is 0. The highest BCUT2D eigenvalue weighted by molar-refractivity contribution is 6.14. The predicted octanol–water partition coefficient (Wildman–Crippen LogP) is 4.28. The average molecular weight is 285 g/mol. The van der Waals surface area contributed by atoms with Crippen LogP contribution in [-0.2, 0) is 0 Å². The molecular weight excluding hydrogens is 270 g/mol. The van der Waals surface area contributed by atoms with Crippen LogP contribution < -0.4 is 4.90 Å². The van der Waals surface area contributed by atoms with Crippen molar-refractivity contribution in [2.24, 2.45) is 4.99 Å². The van der Waals surface area contributed by atoms with Gasteiger partial charge in [-0.2, -0.15) is 0 Å². The lowest BCUT2D eigenvalue weighted by Gasteiger charge is -2.21. The fourth-order valence-corrected chi connectivity index (χ4v) is 2.79. The van der Waals surface area contributed by atoms with Gasteiger partial charge < -0.3 is 4.90 Å². The number of para-hydroxylation sites is 1. The molecule has 0 bridgehead atoms. The molecule has 0 saturated heterocycles. The number of fused-ring (bicyclic) bond motifs is 3. The van der Waals surface area contributed by atoms with Crippen LogP contribution in [0, 0.1) is 0 Å². The zero-order chi connectivity index (χ0) is 14.9. The zero-order valence-corrected chi connectivity index (χ0v) is 12.3. The first-order chi connectivity index (χ1) is 10.8. The number of anilines is 1. The van der Waals surface area contributed by atoms with Crippen molar-refractivity contribution >= 4 is 17.2 Å². The second-order valence-electron chi connectivity index (χ2n) is 5.25. The molecule has 0 unspecified atom stereocenters. The van der Waals surface area contributed by atoms with E-state index in [9.17, 15) is 0 Å². The molecule has 0 atom stereocenters. The lowest BCUT2D eigenvalue weighted by molar-refractivity contribution is 1.22. The third-order valence-electron chi connectivity index (χ3n) is 3.88. The Hall–Kier alpha value is -2.94. The van der Waals surface area contributed by atoms with Crippen molar-refractivity contribution in [2.45, 2.75) is 0 Å². The summed E-state index contributed by atoms with van der Waals surface area (Å²) in [5.41, 5.74) is 5.14. The van der Waals surface area contributed by atoms with Crippen molar-refractivity contribution in [3.63, 3.8) is 0 Å². The molecule has 0 aliphatic carbocycles. The van der Waals surface area contributed by atoms with Gasteiger partial charge in [0.2, 0.25) is 0 Å². The molecule has 0 amide bonds. The van der Waals surface area contributed by atoms with Crippen LogP contribution in [0.5, 0.6) is 0 Å². The topological polar surface area (TPSA) is 28.5 Å². The Labute approximate surface area is 129 Å². The van der Waals surface area contributed by atoms with Gasteiger partial charge >= 0.3 is 0 Å². The van der Waals surface area contributed by atoms with Gasteiger partial charge in [0.1, 0.15) is 5.84 Å². The summed E-state index contributed by atoms with van der Waals surface area (Å²) < 4.78 is 0. The van der Waals surface area contributed by atoms with Gasteiger partial charge in [-0.3, -0.25) is 4.98 Å². The molecule has 3 nitrogen and oxygen atoms in total. The molecule has 1 aliphatic rings. The molecule has 3 aromatic rings. The molecule has 0 spiro atoms. The van der Waals surface area contributed by atoms with Crippen molar-refractivity contribution in [3.8, 4) is 11.3 Å². The van der Waals surface area contributed by atoms with Crippen molar-refractivity contribution in [2.75, 3.05) is 11.9 Å². The maximum atomic E-state index is 4.91. The summed E-state index contributed by atoms with van der Waals surface area (Å²) in [7, 11) is 2.04. The minimum atomic E-state index is 0.930. The molecule has 0 fully saturated rings. The Morgan fingerprint density at radius 2 is 1.59 bits per heavy atom. The van der Waals surface area contributed by atoms with Crippen LogP contribution in [0.1, 0.15) is 5.56 Å². The summed E-state index contributed by atoms with van der Waals surface area (Å²) in [4.78, 5) is 11.6. The van der Waals surface area contributed by atoms with Crippen molar-refractivity contribution in [1.82, 2.24) is 4.98 Å². The van der Waals surface area contributed by atoms with Crippen LogP contribution in [0.15, 0.2) is 77.9 Å². The van der Waals surface area contributed by atoms with Gasteiger partial charge in [-0.25, -0.2) is 4.99 Å². The largest absolute Gasteiger partial charge is 0.327 e. The smallest absolute Gasteiger partial charge is 0.140 e. The molecule has 4 rings (SSSR count). The van der Waals surface area contributed by atoms with Gasteiger partial charge in [0.25, 0.3) is 0 Å². The van der Waals surface area contributed by atoms with Crippen molar-refractivity contribution in [1.29, 1.82) is 0 Å². The molecule has 2 heterocycles. The Morgan fingerprint density at radius 1 is 0.818 bits per heavy atom. The Bertz CT molecular complexity index is 853. The molecule has 3 heteroatoms. The summed E-state index contributed by atoms with van der Waals surface area (Å²) in [6.45, 7) is 0. The van der Waals surface area contributed by atoms with Crippen LogP contribution in [0.25, 0.3) is 11.3 Å². The van der Waals surface area contributed by atoms with Crippen LogP contribution >= 0.6 is 0 Å². The highest BCUT2D eigenvalue weighted by Gasteiger charge is 2.21. The van der Waals surface area contributed by atoms with E-state index < -0.39 is 0 Å². The van der Waals surface area contributed by atoms with Crippen LogP contribution in [0.4, 0.5) is 11.4 Å². The second kappa shape index (κ2) is 5.11. The molecule has 22 heavy (non-hydrogen) atoms. The van der Waals surface area contributed by atoms with Gasteiger partial charge in [0.15, 0.2) is 0 Å². The number of rotatable bonds is 1. The van der Waals surface area contributed by atoms with Crippen LogP contribution in [0.2, 0.25) is 0 Å². The molecule has 106 valence electrons. The molecule has 1 aliphatic heterocycles. The standard InChI is InChI=1S/C19H15N3/c1-22-17-12-7-13-20-18(17)15-10-5-6-11-16(15)21-19(22)14-8-3-2-4-9-14/h2-13H,1H3. The molecular formula is C19H15N3. The number of nitrogens with zero attached hydrogens (tertiary/aromatic N) is 3. The van der Waals surface area contributed by atoms with Gasteiger partial charge in [-0.1, -0.05) is 48.5 Å². The first-order valence-electron chi connectivity index (χ1n) is 7.27. The number of hydrogen-bond acceptors (Lipinski definition) is 3. The van der Waals surface area contributed by atoms with E-state index in [1.54, 1.807) is 0 Å². The third kappa shape index (κ3) is 1.99. The van der Waals surface area contributed by atoms with Gasteiger partial charge in [-0.05, 0) is 18.2 Å². The van der Waals surface area contributed by atoms with E-state index >= 15 is 0 Å². The first-order valence-corrected chi connectivity index (χ1v) is 7.27. The lowest BCUT2D eigenvalue weighted by Crippen LogP contribution is -2.27. The van der Waals surface area contributed by atoms with E-state index in [0.29, 0.717) is 0 Å². The quantitative estimate of drug-likeness (QED) is 0.667. The molecule has 1 aromatic heterocycles. The van der Waals surface area contributed by atoms with E-state index in [1.807, 2.05) is 55.7 Å². The number of benzene rings is 2. The Kier molecular flexibility index (Phi) is 2.97. The monoisotopic (exact) mass is 285 g/mol. The third-order valence-corrected chi connectivity index (χ3v) is 3.88. The zero-order valence-electron chi connectivity index (χ0n) is 12.3. The highest BCUT2D eigenvalue weighted by atomic mass is 15.2. The van der Waals surface area contributed by atoms with Gasteiger partial charge in [0.05, 0.1) is 17.1 Å². The normalized spacial score (nSPS) is 13.0. The highest BCUT2D eigenvalue weighted by Crippen LogP contribution is 2.38. The first kappa shape index (κ1) is 12.8. The van der Waals surface area contributed by atoms with Crippen molar-refractivity contribution < 1.29 is 0 Å². The maximum Gasteiger partial charge on any atom is 0.140 e. The fourth-order valence-electron chi connectivity index (χ4n) is 2.79. The van der Waals surface area contributed by atoms with E-state index in [0.717, 1.165) is 34.0 Å². The SMILES string of the molecule is CN1C(c2ccccc2)=Nc2ccccc2-c2ncccc21. The van der Waals surface area contributed by atoms with E-state index in [1.165, 1.54) is 0 Å². The van der Waals surface area contributed by atoms with Crippen LogP contribution in [-0.4, -0.2) is 17.9 Å². The number of aliphatic imine (C=N–C) groups is 1. The summed E-state index contributed by atoms with van der Waals surface area (Å²) in [5, 5.41) is 0. The maximum absolute atomic E-state index is 4.91. The minimum absolute atomic E-state index is 0.930. The van der Waals surface area contributed by atoms with Crippen molar-refractivity contribution in [3.05, 3.63) is 78.5 Å². The van der Waals surface area contributed by atoms with Gasteiger partial charge in [0, 0.05) is 24.4 Å². The molecule has 2 aromatic carbocycles. The minimum Gasteiger partial charge on any atom is -0.327 e. The summed E-state index contributed by atoms with van der Waals surface area (Å²) in [5.74, 6) is 0.930. The van der Waals surface area contributed by atoms with E-state index in [4.69, 9.17) is 4.99 Å². The van der Waals surface area contributed by atoms with E-state index in [2.05, 4.69) is 34.1 Å². The molecule has 0 saturated carbocycles. The summed E-state index contributed by atoms with van der Waals surface area (Å²) in [6.07, 6.45) is 1.83.